The van der Waals surface area contributed by atoms with E-state index in [1.54, 1.807) is 7.11 Å². The Bertz CT molecular complexity index is 816. The monoisotopic (exact) mass is 427 g/mol. The molecule has 2 aliphatic rings. The van der Waals surface area contributed by atoms with Gasteiger partial charge in [0, 0.05) is 25.8 Å². The van der Waals surface area contributed by atoms with E-state index < -0.39 is 0 Å². The van der Waals surface area contributed by atoms with Gasteiger partial charge in [-0.2, -0.15) is 4.98 Å². The maximum absolute atomic E-state index is 6.25. The van der Waals surface area contributed by atoms with Gasteiger partial charge in [0.15, 0.2) is 0 Å². The minimum absolute atomic E-state index is 0.0219. The molecule has 1 N–H and O–H groups in total. The van der Waals surface area contributed by atoms with E-state index in [2.05, 4.69) is 17.2 Å². The fourth-order valence-electron chi connectivity index (χ4n) is 4.05. The molecule has 1 aromatic heterocycles. The zero-order valence-corrected chi connectivity index (χ0v) is 18.5. The van der Waals surface area contributed by atoms with Crippen LogP contribution in [0.4, 0.5) is 5.95 Å². The summed E-state index contributed by atoms with van der Waals surface area (Å²) < 4.78 is 22.4. The van der Waals surface area contributed by atoms with Crippen molar-refractivity contribution >= 4 is 5.95 Å². The fourth-order valence-corrected chi connectivity index (χ4v) is 4.05. The van der Waals surface area contributed by atoms with E-state index in [-0.39, 0.29) is 6.10 Å². The highest BCUT2D eigenvalue weighted by Gasteiger charge is 2.23. The molecule has 0 spiro atoms. The molecule has 31 heavy (non-hydrogen) atoms. The van der Waals surface area contributed by atoms with Gasteiger partial charge in [-0.1, -0.05) is 19.1 Å². The van der Waals surface area contributed by atoms with Crippen LogP contribution in [0, 0.1) is 5.92 Å². The summed E-state index contributed by atoms with van der Waals surface area (Å²) in [5.74, 6) is 2.85. The first-order valence-electron chi connectivity index (χ1n) is 11.3. The number of anilines is 1. The van der Waals surface area contributed by atoms with Gasteiger partial charge in [0.25, 0.3) is 0 Å². The zero-order valence-electron chi connectivity index (χ0n) is 18.5. The molecule has 2 fully saturated rings. The minimum atomic E-state index is 0.0219. The summed E-state index contributed by atoms with van der Waals surface area (Å²) in [5, 5.41) is 3.52. The molecular weight excluding hydrogens is 394 g/mol. The normalized spacial score (nSPS) is 23.5. The van der Waals surface area contributed by atoms with Crippen LogP contribution in [0.2, 0.25) is 0 Å². The van der Waals surface area contributed by atoms with Crippen molar-refractivity contribution in [1.82, 2.24) is 9.97 Å². The van der Waals surface area contributed by atoms with E-state index in [4.69, 9.17) is 23.9 Å². The van der Waals surface area contributed by atoms with E-state index in [1.807, 2.05) is 30.5 Å². The number of aromatic nitrogens is 2. The van der Waals surface area contributed by atoms with Crippen LogP contribution in [0.1, 0.15) is 39.0 Å². The molecule has 7 nitrogen and oxygen atoms in total. The summed E-state index contributed by atoms with van der Waals surface area (Å²) in [6, 6.07) is 8.34. The molecule has 0 amide bonds. The van der Waals surface area contributed by atoms with E-state index in [0.29, 0.717) is 37.7 Å². The molecule has 0 radical (unpaired) electrons. The predicted octanol–water partition coefficient (Wildman–Crippen LogP) is 4.33. The average molecular weight is 428 g/mol. The Balaban J connectivity index is 1.51. The molecule has 1 aromatic carbocycles. The molecule has 1 aliphatic heterocycles. The van der Waals surface area contributed by atoms with Crippen LogP contribution < -0.4 is 14.8 Å². The van der Waals surface area contributed by atoms with Gasteiger partial charge in [-0.05, 0) is 49.3 Å². The first-order chi connectivity index (χ1) is 15.2. The highest BCUT2D eigenvalue weighted by Crippen LogP contribution is 2.32. The van der Waals surface area contributed by atoms with E-state index >= 15 is 0 Å². The Morgan fingerprint density at radius 3 is 2.58 bits per heavy atom. The molecule has 1 saturated heterocycles. The van der Waals surface area contributed by atoms with Crippen LogP contribution in [0.25, 0.3) is 11.1 Å². The Morgan fingerprint density at radius 1 is 1.06 bits per heavy atom. The van der Waals surface area contributed by atoms with E-state index in [9.17, 15) is 0 Å². The number of ether oxygens (including phenoxy) is 4. The van der Waals surface area contributed by atoms with Crippen molar-refractivity contribution in [2.75, 3.05) is 38.9 Å². The zero-order chi connectivity index (χ0) is 21.5. The van der Waals surface area contributed by atoms with Crippen molar-refractivity contribution in [2.24, 2.45) is 5.92 Å². The Labute approximate surface area is 184 Å². The fraction of sp³-hybridized carbons (Fsp3) is 0.583. The van der Waals surface area contributed by atoms with Gasteiger partial charge in [-0.25, -0.2) is 4.98 Å². The predicted molar refractivity (Wildman–Crippen MR) is 120 cm³/mol. The van der Waals surface area contributed by atoms with Crippen molar-refractivity contribution in [1.29, 1.82) is 0 Å². The molecule has 1 aliphatic carbocycles. The lowest BCUT2D eigenvalue weighted by Crippen LogP contribution is -2.26. The number of methoxy groups -OCH3 is 1. The van der Waals surface area contributed by atoms with Crippen molar-refractivity contribution in [2.45, 2.75) is 51.2 Å². The summed E-state index contributed by atoms with van der Waals surface area (Å²) in [4.78, 5) is 9.37. The third-order valence-corrected chi connectivity index (χ3v) is 5.99. The van der Waals surface area contributed by atoms with Crippen LogP contribution in [-0.4, -0.2) is 55.7 Å². The Morgan fingerprint density at radius 2 is 1.87 bits per heavy atom. The molecule has 1 saturated carbocycles. The molecule has 7 heteroatoms. The van der Waals surface area contributed by atoms with Crippen molar-refractivity contribution < 1.29 is 18.9 Å². The second kappa shape index (κ2) is 10.8. The third-order valence-electron chi connectivity index (χ3n) is 5.99. The van der Waals surface area contributed by atoms with Gasteiger partial charge in [0.05, 0.1) is 25.4 Å². The molecule has 2 heterocycles. The summed E-state index contributed by atoms with van der Waals surface area (Å²) in [5.41, 5.74) is 1.87. The van der Waals surface area contributed by atoms with Crippen molar-refractivity contribution in [3.05, 3.63) is 30.5 Å². The van der Waals surface area contributed by atoms with Crippen LogP contribution in [-0.2, 0) is 9.47 Å². The summed E-state index contributed by atoms with van der Waals surface area (Å²) in [6.45, 7) is 4.73. The molecule has 1 unspecified atom stereocenters. The number of hydrogen-bond donors (Lipinski definition) is 1. The lowest BCUT2D eigenvalue weighted by Gasteiger charge is -2.27. The SMILES string of the molecule is COCCOc1ccc(-c2cnc(NC3CCC(C)CC3)nc2OC2CCOC2)cc1. The first kappa shape index (κ1) is 21.8. The number of rotatable bonds is 9. The van der Waals surface area contributed by atoms with Gasteiger partial charge >= 0.3 is 0 Å². The van der Waals surface area contributed by atoms with E-state index in [1.165, 1.54) is 12.8 Å². The summed E-state index contributed by atoms with van der Waals surface area (Å²) in [7, 11) is 1.66. The van der Waals surface area contributed by atoms with Gasteiger partial charge in [-0.3, -0.25) is 0 Å². The number of nitrogens with zero attached hydrogens (tertiary/aromatic N) is 2. The number of hydrogen-bond acceptors (Lipinski definition) is 7. The van der Waals surface area contributed by atoms with Crippen LogP contribution in [0.15, 0.2) is 30.5 Å². The molecular formula is C24H33N3O4. The molecule has 4 rings (SSSR count). The van der Waals surface area contributed by atoms with Gasteiger partial charge < -0.3 is 24.3 Å². The van der Waals surface area contributed by atoms with Crippen LogP contribution >= 0.6 is 0 Å². The molecule has 2 aromatic rings. The Hall–Kier alpha value is -2.38. The van der Waals surface area contributed by atoms with Crippen LogP contribution in [0.5, 0.6) is 11.6 Å². The van der Waals surface area contributed by atoms with Gasteiger partial charge in [-0.15, -0.1) is 0 Å². The van der Waals surface area contributed by atoms with Crippen molar-refractivity contribution in [3.8, 4) is 22.8 Å². The quantitative estimate of drug-likeness (QED) is 0.597. The smallest absolute Gasteiger partial charge is 0.226 e. The lowest BCUT2D eigenvalue weighted by atomic mass is 9.87. The largest absolute Gasteiger partial charge is 0.491 e. The number of nitrogens with one attached hydrogen (secondary N) is 1. The lowest BCUT2D eigenvalue weighted by molar-refractivity contribution is 0.138. The van der Waals surface area contributed by atoms with Crippen molar-refractivity contribution in [3.63, 3.8) is 0 Å². The summed E-state index contributed by atoms with van der Waals surface area (Å²) in [6.07, 6.45) is 7.56. The number of benzene rings is 1. The maximum Gasteiger partial charge on any atom is 0.226 e. The molecule has 0 bridgehead atoms. The standard InChI is InChI=1S/C24H33N3O4/c1-17-3-7-19(8-4-17)26-24-25-15-22(23(27-24)31-21-11-12-29-16-21)18-5-9-20(10-6-18)30-14-13-28-2/h5-6,9-10,15,17,19,21H,3-4,7-8,11-14,16H2,1-2H3,(H,25,26,27). The Kier molecular flexibility index (Phi) is 7.59. The maximum atomic E-state index is 6.25. The molecule has 1 atom stereocenters. The second-order valence-electron chi connectivity index (χ2n) is 8.48. The molecule has 168 valence electrons. The second-order valence-corrected chi connectivity index (χ2v) is 8.48. The van der Waals surface area contributed by atoms with E-state index in [0.717, 1.165) is 48.7 Å². The van der Waals surface area contributed by atoms with Gasteiger partial charge in [0.1, 0.15) is 18.5 Å². The topological polar surface area (TPSA) is 74.7 Å². The summed E-state index contributed by atoms with van der Waals surface area (Å²) >= 11 is 0. The average Bonchev–Trinajstić information content (AvgIpc) is 3.30. The third kappa shape index (κ3) is 6.08. The highest BCUT2D eigenvalue weighted by atomic mass is 16.5. The first-order valence-corrected chi connectivity index (χ1v) is 11.3. The highest BCUT2D eigenvalue weighted by molar-refractivity contribution is 5.69. The van der Waals surface area contributed by atoms with Gasteiger partial charge in [0.2, 0.25) is 11.8 Å². The van der Waals surface area contributed by atoms with Crippen LogP contribution in [0.3, 0.4) is 0 Å². The minimum Gasteiger partial charge on any atom is -0.491 e.